The van der Waals surface area contributed by atoms with Crippen molar-refractivity contribution in [2.45, 2.75) is 45.6 Å². The van der Waals surface area contributed by atoms with Crippen molar-refractivity contribution < 1.29 is 14.7 Å². The average Bonchev–Trinajstić information content (AvgIpc) is 2.35. The summed E-state index contributed by atoms with van der Waals surface area (Å²) in [5, 5.41) is 14.8. The first-order valence-electron chi connectivity index (χ1n) is 6.30. The molecule has 0 aromatic rings. The van der Waals surface area contributed by atoms with Crippen molar-refractivity contribution in [1.82, 2.24) is 10.6 Å². The fourth-order valence-electron chi connectivity index (χ4n) is 2.30. The molecular formula is C12H22N2O3. The predicted octanol–water partition coefficient (Wildman–Crippen LogP) is 0.746. The molecule has 0 saturated carbocycles. The van der Waals surface area contributed by atoms with E-state index in [4.69, 9.17) is 5.11 Å². The van der Waals surface area contributed by atoms with E-state index < -0.39 is 12.0 Å². The molecule has 1 aliphatic rings. The molecule has 0 bridgehead atoms. The summed E-state index contributed by atoms with van der Waals surface area (Å²) >= 11 is 0. The van der Waals surface area contributed by atoms with Gasteiger partial charge < -0.3 is 15.7 Å². The Balaban J connectivity index is 2.68. The van der Waals surface area contributed by atoms with Gasteiger partial charge in [-0.05, 0) is 38.8 Å². The Morgan fingerprint density at radius 1 is 1.35 bits per heavy atom. The standard InChI is InChI=1S/C12H22N2O3/c1-3-9(10(15)16)14-11(17)12(4-2)5-7-13-8-6-12/h9,13H,3-8H2,1-2H3,(H,14,17)(H,15,16)/t9-/m0/s1. The van der Waals surface area contributed by atoms with Crippen LogP contribution in [0.2, 0.25) is 0 Å². The number of rotatable bonds is 5. The van der Waals surface area contributed by atoms with Crippen LogP contribution in [-0.2, 0) is 9.59 Å². The van der Waals surface area contributed by atoms with Crippen LogP contribution in [0.5, 0.6) is 0 Å². The Hall–Kier alpha value is -1.10. The number of carboxylic acid groups (broad SMARTS) is 1. The fraction of sp³-hybridized carbons (Fsp3) is 0.833. The minimum atomic E-state index is -0.957. The third-order valence-electron chi connectivity index (χ3n) is 3.73. The summed E-state index contributed by atoms with van der Waals surface area (Å²) in [6.45, 7) is 5.41. The molecule has 1 fully saturated rings. The van der Waals surface area contributed by atoms with Crippen LogP contribution < -0.4 is 10.6 Å². The van der Waals surface area contributed by atoms with E-state index in [1.54, 1.807) is 6.92 Å². The summed E-state index contributed by atoms with van der Waals surface area (Å²) in [7, 11) is 0. The maximum Gasteiger partial charge on any atom is 0.326 e. The van der Waals surface area contributed by atoms with Gasteiger partial charge in [0, 0.05) is 0 Å². The van der Waals surface area contributed by atoms with Gasteiger partial charge in [-0.3, -0.25) is 4.79 Å². The van der Waals surface area contributed by atoms with Crippen LogP contribution in [-0.4, -0.2) is 36.1 Å². The third-order valence-corrected chi connectivity index (χ3v) is 3.73. The number of nitrogens with one attached hydrogen (secondary N) is 2. The molecule has 0 aliphatic carbocycles. The van der Waals surface area contributed by atoms with Gasteiger partial charge in [0.15, 0.2) is 0 Å². The first kappa shape index (κ1) is 14.0. The topological polar surface area (TPSA) is 78.4 Å². The van der Waals surface area contributed by atoms with E-state index in [9.17, 15) is 9.59 Å². The zero-order valence-electron chi connectivity index (χ0n) is 10.6. The molecule has 0 aromatic heterocycles. The SMILES string of the molecule is CC[C@H](NC(=O)C1(CC)CCNCC1)C(=O)O. The quantitative estimate of drug-likeness (QED) is 0.664. The van der Waals surface area contributed by atoms with Crippen molar-refractivity contribution in [2.75, 3.05) is 13.1 Å². The van der Waals surface area contributed by atoms with Crippen LogP contribution in [0.15, 0.2) is 0 Å². The molecule has 1 amide bonds. The molecule has 1 saturated heterocycles. The number of carbonyl (C=O) groups is 2. The smallest absolute Gasteiger partial charge is 0.326 e. The summed E-state index contributed by atoms with van der Waals surface area (Å²) in [4.78, 5) is 23.1. The van der Waals surface area contributed by atoms with Crippen molar-refractivity contribution in [3.8, 4) is 0 Å². The van der Waals surface area contributed by atoms with Gasteiger partial charge in [-0.15, -0.1) is 0 Å². The molecule has 17 heavy (non-hydrogen) atoms. The van der Waals surface area contributed by atoms with E-state index in [2.05, 4.69) is 10.6 Å². The zero-order valence-corrected chi connectivity index (χ0v) is 10.6. The third kappa shape index (κ3) is 3.19. The molecule has 0 radical (unpaired) electrons. The highest BCUT2D eigenvalue weighted by Crippen LogP contribution is 2.32. The first-order chi connectivity index (χ1) is 8.05. The second-order valence-electron chi connectivity index (χ2n) is 4.66. The predicted molar refractivity (Wildman–Crippen MR) is 64.7 cm³/mol. The lowest BCUT2D eigenvalue weighted by Gasteiger charge is -2.36. The van der Waals surface area contributed by atoms with Crippen molar-refractivity contribution in [3.63, 3.8) is 0 Å². The zero-order chi connectivity index (χ0) is 12.9. The Morgan fingerprint density at radius 2 is 1.94 bits per heavy atom. The second kappa shape index (κ2) is 6.00. The first-order valence-corrected chi connectivity index (χ1v) is 6.30. The normalized spacial score (nSPS) is 20.6. The molecule has 3 N–H and O–H groups in total. The maximum absolute atomic E-state index is 12.2. The lowest BCUT2D eigenvalue weighted by molar-refractivity contribution is -0.144. The monoisotopic (exact) mass is 242 g/mol. The van der Waals surface area contributed by atoms with Gasteiger partial charge in [0.1, 0.15) is 6.04 Å². The molecule has 1 aliphatic heterocycles. The number of carbonyl (C=O) groups excluding carboxylic acids is 1. The van der Waals surface area contributed by atoms with E-state index >= 15 is 0 Å². The lowest BCUT2D eigenvalue weighted by Crippen LogP contribution is -2.51. The van der Waals surface area contributed by atoms with Gasteiger partial charge in [-0.25, -0.2) is 4.79 Å². The minimum absolute atomic E-state index is 0.101. The Labute approximate surface area is 102 Å². The number of hydrogen-bond donors (Lipinski definition) is 3. The van der Waals surface area contributed by atoms with Gasteiger partial charge in [-0.2, -0.15) is 0 Å². The van der Waals surface area contributed by atoms with Crippen LogP contribution in [0.3, 0.4) is 0 Å². The molecule has 1 atom stereocenters. The van der Waals surface area contributed by atoms with Crippen LogP contribution >= 0.6 is 0 Å². The second-order valence-corrected chi connectivity index (χ2v) is 4.66. The van der Waals surface area contributed by atoms with Gasteiger partial charge in [0.2, 0.25) is 5.91 Å². The van der Waals surface area contributed by atoms with Gasteiger partial charge in [0.25, 0.3) is 0 Å². The number of amides is 1. The average molecular weight is 242 g/mol. The van der Waals surface area contributed by atoms with Gasteiger partial charge in [-0.1, -0.05) is 13.8 Å². The van der Waals surface area contributed by atoms with Crippen molar-refractivity contribution in [1.29, 1.82) is 0 Å². The van der Waals surface area contributed by atoms with Crippen LogP contribution in [0.25, 0.3) is 0 Å². The highest BCUT2D eigenvalue weighted by atomic mass is 16.4. The lowest BCUT2D eigenvalue weighted by atomic mass is 9.75. The van der Waals surface area contributed by atoms with Crippen molar-refractivity contribution in [3.05, 3.63) is 0 Å². The molecule has 1 rings (SSSR count). The summed E-state index contributed by atoms with van der Waals surface area (Å²) < 4.78 is 0. The fourth-order valence-corrected chi connectivity index (χ4v) is 2.30. The molecule has 1 heterocycles. The van der Waals surface area contributed by atoms with Crippen molar-refractivity contribution in [2.24, 2.45) is 5.41 Å². The van der Waals surface area contributed by atoms with E-state index in [0.29, 0.717) is 6.42 Å². The maximum atomic E-state index is 12.2. The van der Waals surface area contributed by atoms with Gasteiger partial charge in [0.05, 0.1) is 5.41 Å². The highest BCUT2D eigenvalue weighted by molar-refractivity contribution is 5.87. The molecule has 0 spiro atoms. The van der Waals surface area contributed by atoms with E-state index in [0.717, 1.165) is 32.4 Å². The molecule has 0 unspecified atom stereocenters. The number of aliphatic carboxylic acids is 1. The van der Waals surface area contributed by atoms with Crippen LogP contribution in [0.1, 0.15) is 39.5 Å². The molecule has 5 nitrogen and oxygen atoms in total. The highest BCUT2D eigenvalue weighted by Gasteiger charge is 2.39. The number of hydrogen-bond acceptors (Lipinski definition) is 3. The Bertz CT molecular complexity index is 285. The number of carboxylic acids is 1. The Kier molecular flexibility index (Phi) is 4.93. The summed E-state index contributed by atoms with van der Waals surface area (Å²) in [6.07, 6.45) is 2.74. The largest absolute Gasteiger partial charge is 0.480 e. The van der Waals surface area contributed by atoms with E-state index in [-0.39, 0.29) is 11.3 Å². The summed E-state index contributed by atoms with van der Waals surface area (Å²) in [5.74, 6) is -1.06. The minimum Gasteiger partial charge on any atom is -0.480 e. The molecular weight excluding hydrogens is 220 g/mol. The van der Waals surface area contributed by atoms with Gasteiger partial charge >= 0.3 is 5.97 Å². The number of piperidine rings is 1. The molecule has 0 aromatic carbocycles. The van der Waals surface area contributed by atoms with Crippen LogP contribution in [0, 0.1) is 5.41 Å². The Morgan fingerprint density at radius 3 is 2.35 bits per heavy atom. The van der Waals surface area contributed by atoms with E-state index in [1.807, 2.05) is 6.92 Å². The van der Waals surface area contributed by atoms with Crippen LogP contribution in [0.4, 0.5) is 0 Å². The van der Waals surface area contributed by atoms with Crippen molar-refractivity contribution >= 4 is 11.9 Å². The molecule has 98 valence electrons. The summed E-state index contributed by atoms with van der Waals surface area (Å²) in [6, 6.07) is -0.763. The van der Waals surface area contributed by atoms with E-state index in [1.165, 1.54) is 0 Å². The summed E-state index contributed by atoms with van der Waals surface area (Å²) in [5.41, 5.74) is -0.381. The molecule has 5 heteroatoms.